The fourth-order valence-electron chi connectivity index (χ4n) is 2.48. The van der Waals surface area contributed by atoms with Gasteiger partial charge in [0, 0.05) is 13.1 Å². The summed E-state index contributed by atoms with van der Waals surface area (Å²) in [4.78, 5) is 13.8. The Labute approximate surface area is 116 Å². The molecule has 2 N–H and O–H groups in total. The number of hydrogen-bond acceptors (Lipinski definition) is 3. The maximum atomic E-state index is 11.8. The third-order valence-corrected chi connectivity index (χ3v) is 3.48. The van der Waals surface area contributed by atoms with E-state index >= 15 is 0 Å². The number of rotatable bonds is 9. The number of carbonyl (C=O) groups excluding carboxylic acids is 1. The maximum Gasteiger partial charge on any atom is 0.234 e. The molecule has 1 aliphatic carbocycles. The van der Waals surface area contributed by atoms with Crippen molar-refractivity contribution in [3.63, 3.8) is 0 Å². The average molecular weight is 268 g/mol. The molecule has 0 spiro atoms. The lowest BCUT2D eigenvalue weighted by Gasteiger charge is -2.20. The number of carbonyl (C=O) groups is 1. The van der Waals surface area contributed by atoms with Gasteiger partial charge < -0.3 is 10.4 Å². The molecule has 4 nitrogen and oxygen atoms in total. The normalized spacial score (nSPS) is 15.4. The van der Waals surface area contributed by atoms with Crippen LogP contribution >= 0.6 is 0 Å². The average Bonchev–Trinajstić information content (AvgIpc) is 2.40. The standard InChI is InChI=1S/C15H28N2O2/c1-2-10-17(11-12-18)13-15(19)16-9-8-14-6-4-3-5-7-14/h6,18H,2-5,7-13H2,1H3,(H,16,19). The first-order valence-corrected chi connectivity index (χ1v) is 7.54. The van der Waals surface area contributed by atoms with Gasteiger partial charge in [0.1, 0.15) is 0 Å². The van der Waals surface area contributed by atoms with Gasteiger partial charge in [-0.25, -0.2) is 0 Å². The molecule has 110 valence electrons. The molecule has 0 unspecified atom stereocenters. The molecular formula is C15H28N2O2. The van der Waals surface area contributed by atoms with Crippen LogP contribution in [0, 0.1) is 0 Å². The van der Waals surface area contributed by atoms with Crippen LogP contribution in [-0.4, -0.2) is 48.7 Å². The van der Waals surface area contributed by atoms with Crippen LogP contribution in [0.4, 0.5) is 0 Å². The van der Waals surface area contributed by atoms with Gasteiger partial charge >= 0.3 is 0 Å². The van der Waals surface area contributed by atoms with Gasteiger partial charge in [-0.2, -0.15) is 0 Å². The lowest BCUT2D eigenvalue weighted by molar-refractivity contribution is -0.122. The Morgan fingerprint density at radius 3 is 2.89 bits per heavy atom. The molecule has 0 aromatic heterocycles. The van der Waals surface area contributed by atoms with E-state index in [1.807, 2.05) is 4.90 Å². The second-order valence-corrected chi connectivity index (χ2v) is 5.21. The number of amides is 1. The van der Waals surface area contributed by atoms with Crippen LogP contribution in [0.5, 0.6) is 0 Å². The minimum absolute atomic E-state index is 0.0679. The van der Waals surface area contributed by atoms with Crippen molar-refractivity contribution in [1.29, 1.82) is 0 Å². The smallest absolute Gasteiger partial charge is 0.234 e. The van der Waals surface area contributed by atoms with Gasteiger partial charge in [0.15, 0.2) is 0 Å². The van der Waals surface area contributed by atoms with Gasteiger partial charge in [-0.1, -0.05) is 18.6 Å². The quantitative estimate of drug-likeness (QED) is 0.626. The predicted molar refractivity (Wildman–Crippen MR) is 78.0 cm³/mol. The summed E-state index contributed by atoms with van der Waals surface area (Å²) in [6, 6.07) is 0. The summed E-state index contributed by atoms with van der Waals surface area (Å²) in [5.41, 5.74) is 1.49. The summed E-state index contributed by atoms with van der Waals surface area (Å²) in [5.74, 6) is 0.0679. The second-order valence-electron chi connectivity index (χ2n) is 5.21. The topological polar surface area (TPSA) is 52.6 Å². The van der Waals surface area contributed by atoms with E-state index in [0.717, 1.165) is 25.9 Å². The Balaban J connectivity index is 2.16. The molecule has 0 saturated carbocycles. The van der Waals surface area contributed by atoms with Crippen LogP contribution < -0.4 is 5.32 Å². The first-order valence-electron chi connectivity index (χ1n) is 7.54. The molecule has 0 radical (unpaired) electrons. The fourth-order valence-corrected chi connectivity index (χ4v) is 2.48. The number of nitrogens with one attached hydrogen (secondary N) is 1. The molecular weight excluding hydrogens is 240 g/mol. The van der Waals surface area contributed by atoms with Gasteiger partial charge in [0.25, 0.3) is 0 Å². The third kappa shape index (κ3) is 7.33. The fraction of sp³-hybridized carbons (Fsp3) is 0.800. The van der Waals surface area contributed by atoms with Crippen molar-refractivity contribution >= 4 is 5.91 Å². The van der Waals surface area contributed by atoms with Crippen LogP contribution in [0.3, 0.4) is 0 Å². The van der Waals surface area contributed by atoms with Gasteiger partial charge in [-0.3, -0.25) is 9.69 Å². The van der Waals surface area contributed by atoms with E-state index in [0.29, 0.717) is 13.1 Å². The van der Waals surface area contributed by atoms with Crippen molar-refractivity contribution in [1.82, 2.24) is 10.2 Å². The second kappa shape index (κ2) is 9.98. The summed E-state index contributed by atoms with van der Waals surface area (Å²) >= 11 is 0. The van der Waals surface area contributed by atoms with Gasteiger partial charge in [-0.15, -0.1) is 0 Å². The number of aliphatic hydroxyl groups excluding tert-OH is 1. The first kappa shape index (κ1) is 16.2. The van der Waals surface area contributed by atoms with E-state index in [1.54, 1.807) is 0 Å². The third-order valence-electron chi connectivity index (χ3n) is 3.48. The van der Waals surface area contributed by atoms with Gasteiger partial charge in [0.2, 0.25) is 5.91 Å². The van der Waals surface area contributed by atoms with Crippen LogP contribution in [-0.2, 0) is 4.79 Å². The zero-order valence-electron chi connectivity index (χ0n) is 12.2. The Morgan fingerprint density at radius 2 is 2.26 bits per heavy atom. The molecule has 0 aromatic carbocycles. The van der Waals surface area contributed by atoms with E-state index < -0.39 is 0 Å². The number of aliphatic hydroxyl groups is 1. The van der Waals surface area contributed by atoms with E-state index in [2.05, 4.69) is 18.3 Å². The van der Waals surface area contributed by atoms with Crippen LogP contribution in [0.15, 0.2) is 11.6 Å². The van der Waals surface area contributed by atoms with Crippen molar-refractivity contribution < 1.29 is 9.90 Å². The SMILES string of the molecule is CCCN(CCO)CC(=O)NCCC1=CCCCC1. The molecule has 1 rings (SSSR count). The molecule has 1 amide bonds. The lowest BCUT2D eigenvalue weighted by atomic mass is 9.97. The minimum atomic E-state index is 0.0679. The van der Waals surface area contributed by atoms with Crippen LogP contribution in [0.2, 0.25) is 0 Å². The maximum absolute atomic E-state index is 11.8. The summed E-state index contributed by atoms with van der Waals surface area (Å²) in [6.45, 7) is 4.76. The zero-order valence-corrected chi connectivity index (χ0v) is 12.2. The van der Waals surface area contributed by atoms with Crippen molar-refractivity contribution in [3.8, 4) is 0 Å². The summed E-state index contributed by atoms with van der Waals surface area (Å²) < 4.78 is 0. The van der Waals surface area contributed by atoms with Crippen LogP contribution in [0.25, 0.3) is 0 Å². The van der Waals surface area contributed by atoms with E-state index in [-0.39, 0.29) is 12.5 Å². The van der Waals surface area contributed by atoms with E-state index in [9.17, 15) is 4.79 Å². The van der Waals surface area contributed by atoms with Gasteiger partial charge in [0.05, 0.1) is 13.2 Å². The molecule has 0 fully saturated rings. The van der Waals surface area contributed by atoms with Crippen molar-refractivity contribution in [2.24, 2.45) is 0 Å². The Kier molecular flexibility index (Phi) is 8.50. The predicted octanol–water partition coefficient (Wildman–Crippen LogP) is 1.70. The highest BCUT2D eigenvalue weighted by atomic mass is 16.3. The number of allylic oxidation sites excluding steroid dienone is 1. The van der Waals surface area contributed by atoms with Crippen LogP contribution in [0.1, 0.15) is 45.4 Å². The Hall–Kier alpha value is -0.870. The zero-order chi connectivity index (χ0) is 13.9. The molecule has 0 bridgehead atoms. The van der Waals surface area contributed by atoms with Crippen molar-refractivity contribution in [2.75, 3.05) is 32.8 Å². The number of hydrogen-bond donors (Lipinski definition) is 2. The number of nitrogens with zero attached hydrogens (tertiary/aromatic N) is 1. The molecule has 1 aliphatic rings. The molecule has 0 saturated heterocycles. The largest absolute Gasteiger partial charge is 0.395 e. The monoisotopic (exact) mass is 268 g/mol. The summed E-state index contributed by atoms with van der Waals surface area (Å²) in [5, 5.41) is 11.9. The first-order chi connectivity index (χ1) is 9.26. The molecule has 19 heavy (non-hydrogen) atoms. The summed E-state index contributed by atoms with van der Waals surface area (Å²) in [6.07, 6.45) is 9.31. The highest BCUT2D eigenvalue weighted by Gasteiger charge is 2.09. The Bertz CT molecular complexity index is 284. The molecule has 0 heterocycles. The Morgan fingerprint density at radius 1 is 1.42 bits per heavy atom. The molecule has 0 aliphatic heterocycles. The molecule has 0 atom stereocenters. The highest BCUT2D eigenvalue weighted by molar-refractivity contribution is 5.78. The lowest BCUT2D eigenvalue weighted by Crippen LogP contribution is -2.39. The highest BCUT2D eigenvalue weighted by Crippen LogP contribution is 2.19. The van der Waals surface area contributed by atoms with Gasteiger partial charge in [-0.05, 0) is 45.1 Å². The minimum Gasteiger partial charge on any atom is -0.395 e. The molecule has 4 heteroatoms. The van der Waals surface area contributed by atoms with E-state index in [1.165, 1.54) is 31.3 Å². The molecule has 0 aromatic rings. The van der Waals surface area contributed by atoms with Crippen molar-refractivity contribution in [3.05, 3.63) is 11.6 Å². The summed E-state index contributed by atoms with van der Waals surface area (Å²) in [7, 11) is 0. The van der Waals surface area contributed by atoms with E-state index in [4.69, 9.17) is 5.11 Å². The van der Waals surface area contributed by atoms with Crippen molar-refractivity contribution in [2.45, 2.75) is 45.4 Å².